The maximum absolute atomic E-state index is 4.00. The van der Waals surface area contributed by atoms with Crippen molar-refractivity contribution in [3.05, 3.63) is 6.92 Å². The highest BCUT2D eigenvalue weighted by atomic mass is 14.3. The molecule has 0 heterocycles. The van der Waals surface area contributed by atoms with Gasteiger partial charge in [0.1, 0.15) is 0 Å². The molecule has 0 saturated heterocycles. The first kappa shape index (κ1) is 16.1. The van der Waals surface area contributed by atoms with Crippen LogP contribution in [0.3, 0.4) is 0 Å². The number of unbranched alkanes of at least 4 members (excludes halogenated alkanes) is 4. The van der Waals surface area contributed by atoms with Crippen LogP contribution >= 0.6 is 0 Å². The Morgan fingerprint density at radius 2 is 1.67 bits per heavy atom. The Morgan fingerprint density at radius 3 is 2.28 bits per heavy atom. The molecule has 0 nitrogen and oxygen atoms in total. The van der Waals surface area contributed by atoms with Crippen molar-refractivity contribution < 1.29 is 0 Å². The Labute approximate surface area is 116 Å². The fourth-order valence-electron chi connectivity index (χ4n) is 3.64. The lowest BCUT2D eigenvalue weighted by atomic mass is 9.74. The van der Waals surface area contributed by atoms with Crippen LogP contribution in [-0.2, 0) is 0 Å². The van der Waals surface area contributed by atoms with E-state index in [0.717, 1.165) is 24.2 Å². The zero-order valence-electron chi connectivity index (χ0n) is 12.9. The summed E-state index contributed by atoms with van der Waals surface area (Å²) in [6, 6.07) is 0. The van der Waals surface area contributed by atoms with Crippen LogP contribution in [0.1, 0.15) is 90.9 Å². The van der Waals surface area contributed by atoms with Gasteiger partial charge >= 0.3 is 0 Å². The van der Waals surface area contributed by atoms with E-state index >= 15 is 0 Å². The van der Waals surface area contributed by atoms with E-state index in [1.165, 1.54) is 70.6 Å². The second-order valence-corrected chi connectivity index (χ2v) is 6.60. The molecular formula is C18H35. The second kappa shape index (κ2) is 9.87. The molecule has 1 saturated carbocycles. The molecule has 107 valence electrons. The monoisotopic (exact) mass is 251 g/mol. The van der Waals surface area contributed by atoms with Crippen molar-refractivity contribution in [2.75, 3.05) is 0 Å². The van der Waals surface area contributed by atoms with Crippen molar-refractivity contribution in [1.29, 1.82) is 0 Å². The van der Waals surface area contributed by atoms with Gasteiger partial charge < -0.3 is 0 Å². The molecule has 0 aromatic heterocycles. The summed E-state index contributed by atoms with van der Waals surface area (Å²) < 4.78 is 0. The summed E-state index contributed by atoms with van der Waals surface area (Å²) in [7, 11) is 0. The molecule has 1 fully saturated rings. The third-order valence-corrected chi connectivity index (χ3v) is 5.07. The maximum Gasteiger partial charge on any atom is -0.0388 e. The minimum Gasteiger partial charge on any atom is -0.0654 e. The quantitative estimate of drug-likeness (QED) is 0.416. The first-order valence-corrected chi connectivity index (χ1v) is 8.57. The van der Waals surface area contributed by atoms with E-state index in [0.29, 0.717) is 0 Å². The predicted molar refractivity (Wildman–Crippen MR) is 82.6 cm³/mol. The van der Waals surface area contributed by atoms with E-state index in [1.54, 1.807) is 0 Å². The third-order valence-electron chi connectivity index (χ3n) is 5.07. The SMILES string of the molecule is [CH2]CCC(C)[C@H]1CC[C@H](CCCCCCC)CC1. The van der Waals surface area contributed by atoms with Crippen LogP contribution in [0.4, 0.5) is 0 Å². The van der Waals surface area contributed by atoms with Crippen molar-refractivity contribution in [3.63, 3.8) is 0 Å². The number of rotatable bonds is 9. The van der Waals surface area contributed by atoms with Crippen molar-refractivity contribution in [2.45, 2.75) is 90.9 Å². The van der Waals surface area contributed by atoms with Crippen LogP contribution < -0.4 is 0 Å². The van der Waals surface area contributed by atoms with Crippen LogP contribution in [0.5, 0.6) is 0 Å². The lowest BCUT2D eigenvalue weighted by Crippen LogP contribution is -2.20. The topological polar surface area (TPSA) is 0 Å². The number of hydrogen-bond acceptors (Lipinski definition) is 0. The molecule has 1 aliphatic carbocycles. The Bertz CT molecular complexity index is 176. The Hall–Kier alpha value is 0. The van der Waals surface area contributed by atoms with Crippen LogP contribution in [0.15, 0.2) is 0 Å². The van der Waals surface area contributed by atoms with Crippen molar-refractivity contribution in [1.82, 2.24) is 0 Å². The van der Waals surface area contributed by atoms with Crippen molar-refractivity contribution >= 4 is 0 Å². The molecule has 0 aliphatic heterocycles. The highest BCUT2D eigenvalue weighted by molar-refractivity contribution is 4.76. The van der Waals surface area contributed by atoms with E-state index < -0.39 is 0 Å². The molecule has 1 unspecified atom stereocenters. The van der Waals surface area contributed by atoms with Gasteiger partial charge in [0.25, 0.3) is 0 Å². The van der Waals surface area contributed by atoms with E-state index in [4.69, 9.17) is 0 Å². The first-order valence-electron chi connectivity index (χ1n) is 8.57. The molecule has 0 aromatic carbocycles. The van der Waals surface area contributed by atoms with Gasteiger partial charge in [-0.3, -0.25) is 0 Å². The van der Waals surface area contributed by atoms with Gasteiger partial charge in [0.2, 0.25) is 0 Å². The normalized spacial score (nSPS) is 26.2. The molecule has 1 atom stereocenters. The van der Waals surface area contributed by atoms with Crippen LogP contribution in [0, 0.1) is 24.7 Å². The lowest BCUT2D eigenvalue weighted by Gasteiger charge is -2.32. The molecule has 0 N–H and O–H groups in total. The molecule has 1 aliphatic rings. The Kier molecular flexibility index (Phi) is 8.80. The van der Waals surface area contributed by atoms with Gasteiger partial charge in [0, 0.05) is 0 Å². The van der Waals surface area contributed by atoms with Gasteiger partial charge in [0.05, 0.1) is 0 Å². The average Bonchev–Trinajstić information content (AvgIpc) is 2.39. The van der Waals surface area contributed by atoms with Crippen LogP contribution in [-0.4, -0.2) is 0 Å². The number of hydrogen-bond donors (Lipinski definition) is 0. The summed E-state index contributed by atoms with van der Waals surface area (Å²) in [4.78, 5) is 0. The standard InChI is InChI=1S/C18H35/c1-4-6-7-8-9-11-17-12-14-18(15-13-17)16(3)10-5-2/h16-18H,2,4-15H2,1,3H3/t16?,17-,18-. The van der Waals surface area contributed by atoms with Gasteiger partial charge in [0.15, 0.2) is 0 Å². The molecule has 0 amide bonds. The summed E-state index contributed by atoms with van der Waals surface area (Å²) in [5, 5.41) is 0. The molecular weight excluding hydrogens is 216 g/mol. The van der Waals surface area contributed by atoms with E-state index in [9.17, 15) is 0 Å². The van der Waals surface area contributed by atoms with Gasteiger partial charge in [-0.05, 0) is 30.6 Å². The summed E-state index contributed by atoms with van der Waals surface area (Å²) in [5.74, 6) is 3.01. The average molecular weight is 251 g/mol. The zero-order valence-corrected chi connectivity index (χ0v) is 12.9. The summed E-state index contributed by atoms with van der Waals surface area (Å²) in [6.07, 6.45) is 17.2. The Balaban J connectivity index is 2.04. The first-order chi connectivity index (χ1) is 8.77. The van der Waals surface area contributed by atoms with Crippen LogP contribution in [0.25, 0.3) is 0 Å². The minimum atomic E-state index is 0.924. The summed E-state index contributed by atoms with van der Waals surface area (Å²) in [5.41, 5.74) is 0. The molecule has 1 rings (SSSR count). The Morgan fingerprint density at radius 1 is 1.00 bits per heavy atom. The van der Waals surface area contributed by atoms with Crippen molar-refractivity contribution in [2.24, 2.45) is 17.8 Å². The fraction of sp³-hybridized carbons (Fsp3) is 0.944. The highest BCUT2D eigenvalue weighted by Crippen LogP contribution is 2.37. The lowest BCUT2D eigenvalue weighted by molar-refractivity contribution is 0.199. The van der Waals surface area contributed by atoms with Gasteiger partial charge in [-0.25, -0.2) is 0 Å². The maximum atomic E-state index is 4.00. The van der Waals surface area contributed by atoms with Gasteiger partial charge in [-0.2, -0.15) is 0 Å². The second-order valence-electron chi connectivity index (χ2n) is 6.60. The summed E-state index contributed by atoms with van der Waals surface area (Å²) in [6.45, 7) is 8.75. The minimum absolute atomic E-state index is 0.924. The van der Waals surface area contributed by atoms with Gasteiger partial charge in [-0.15, -0.1) is 0 Å². The summed E-state index contributed by atoms with van der Waals surface area (Å²) >= 11 is 0. The van der Waals surface area contributed by atoms with E-state index in [1.807, 2.05) is 0 Å². The van der Waals surface area contributed by atoms with Gasteiger partial charge in [-0.1, -0.05) is 85.0 Å². The van der Waals surface area contributed by atoms with E-state index in [-0.39, 0.29) is 0 Å². The van der Waals surface area contributed by atoms with Crippen LogP contribution in [0.2, 0.25) is 0 Å². The van der Waals surface area contributed by atoms with Crippen molar-refractivity contribution in [3.8, 4) is 0 Å². The fourth-order valence-corrected chi connectivity index (χ4v) is 3.64. The molecule has 18 heavy (non-hydrogen) atoms. The molecule has 0 heteroatoms. The smallest absolute Gasteiger partial charge is 0.0388 e. The predicted octanol–water partition coefficient (Wildman–Crippen LogP) is 6.40. The molecule has 0 spiro atoms. The van der Waals surface area contributed by atoms with E-state index in [2.05, 4.69) is 20.8 Å². The highest BCUT2D eigenvalue weighted by Gasteiger charge is 2.24. The molecule has 1 radical (unpaired) electrons. The third kappa shape index (κ3) is 6.25. The largest absolute Gasteiger partial charge is 0.0654 e. The molecule has 0 aromatic rings. The molecule has 0 bridgehead atoms. The zero-order chi connectivity index (χ0) is 13.2.